The van der Waals surface area contributed by atoms with Crippen LogP contribution >= 0.6 is 11.6 Å². The lowest BCUT2D eigenvalue weighted by atomic mass is 10.1. The molecule has 6 nitrogen and oxygen atoms in total. The van der Waals surface area contributed by atoms with Gasteiger partial charge in [0.05, 0.1) is 17.5 Å². The molecule has 1 N–H and O–H groups in total. The molecule has 3 rings (SSSR count). The molecule has 1 heterocycles. The Kier molecular flexibility index (Phi) is 7.25. The van der Waals surface area contributed by atoms with Crippen molar-refractivity contribution in [3.05, 3.63) is 71.0 Å². The quantitative estimate of drug-likeness (QED) is 0.421. The fourth-order valence-corrected chi connectivity index (χ4v) is 3.27. The SMILES string of the molecule is Cc1nn(CC(C)C)c(Cl)c1/C=N\NC(=O)COc1ccccc1-c1ccccc1. The Morgan fingerprint density at radius 2 is 1.90 bits per heavy atom. The summed E-state index contributed by atoms with van der Waals surface area (Å²) in [6.07, 6.45) is 1.51. The molecule has 0 unspecified atom stereocenters. The summed E-state index contributed by atoms with van der Waals surface area (Å²) in [6.45, 7) is 6.61. The number of halogens is 1. The highest BCUT2D eigenvalue weighted by molar-refractivity contribution is 6.32. The van der Waals surface area contributed by atoms with Crippen LogP contribution in [0.1, 0.15) is 25.1 Å². The number of para-hydroxylation sites is 1. The van der Waals surface area contributed by atoms with E-state index in [1.807, 2.05) is 61.5 Å². The van der Waals surface area contributed by atoms with Crippen molar-refractivity contribution < 1.29 is 9.53 Å². The Bertz CT molecular complexity index is 1030. The van der Waals surface area contributed by atoms with Gasteiger partial charge in [-0.1, -0.05) is 74.0 Å². The monoisotopic (exact) mass is 424 g/mol. The van der Waals surface area contributed by atoms with E-state index in [9.17, 15) is 4.79 Å². The number of carbonyl (C=O) groups is 1. The number of carbonyl (C=O) groups excluding carboxylic acids is 1. The van der Waals surface area contributed by atoms with Gasteiger partial charge in [-0.25, -0.2) is 5.43 Å². The van der Waals surface area contributed by atoms with E-state index in [0.29, 0.717) is 28.9 Å². The third kappa shape index (κ3) is 5.48. The molecule has 0 atom stereocenters. The smallest absolute Gasteiger partial charge is 0.277 e. The summed E-state index contributed by atoms with van der Waals surface area (Å²) < 4.78 is 7.47. The van der Waals surface area contributed by atoms with Crippen molar-refractivity contribution >= 4 is 23.7 Å². The standard InChI is InChI=1S/C23H25ClN4O2/c1-16(2)14-28-23(24)20(17(3)27-28)13-25-26-22(29)15-30-21-12-8-7-11-19(21)18-9-5-4-6-10-18/h4-13,16H,14-15H2,1-3H3,(H,26,29)/b25-13-. The number of hydrogen-bond acceptors (Lipinski definition) is 4. The van der Waals surface area contributed by atoms with Gasteiger partial charge in [0.2, 0.25) is 0 Å². The van der Waals surface area contributed by atoms with Gasteiger partial charge in [0.25, 0.3) is 5.91 Å². The van der Waals surface area contributed by atoms with Gasteiger partial charge in [-0.15, -0.1) is 0 Å². The van der Waals surface area contributed by atoms with Gasteiger partial charge in [-0.3, -0.25) is 9.48 Å². The molecule has 0 bridgehead atoms. The Morgan fingerprint density at radius 3 is 2.63 bits per heavy atom. The van der Waals surface area contributed by atoms with E-state index in [4.69, 9.17) is 16.3 Å². The van der Waals surface area contributed by atoms with Crippen LogP contribution in [0.3, 0.4) is 0 Å². The predicted octanol–water partition coefficient (Wildman–Crippen LogP) is 4.70. The Hall–Kier alpha value is -3.12. The number of amides is 1. The maximum atomic E-state index is 12.2. The Labute approximate surface area is 181 Å². The molecule has 156 valence electrons. The summed E-state index contributed by atoms with van der Waals surface area (Å²) in [6, 6.07) is 17.5. The molecular formula is C23H25ClN4O2. The van der Waals surface area contributed by atoms with Crippen molar-refractivity contribution in [1.82, 2.24) is 15.2 Å². The number of benzene rings is 2. The molecule has 1 aromatic heterocycles. The first kappa shape index (κ1) is 21.6. The van der Waals surface area contributed by atoms with Crippen LogP contribution in [0.25, 0.3) is 11.1 Å². The lowest BCUT2D eigenvalue weighted by molar-refractivity contribution is -0.123. The van der Waals surface area contributed by atoms with Gasteiger partial charge < -0.3 is 4.74 Å². The van der Waals surface area contributed by atoms with E-state index >= 15 is 0 Å². The predicted molar refractivity (Wildman–Crippen MR) is 120 cm³/mol. The van der Waals surface area contributed by atoms with E-state index < -0.39 is 0 Å². The molecule has 0 spiro atoms. The van der Waals surface area contributed by atoms with E-state index in [2.05, 4.69) is 29.5 Å². The van der Waals surface area contributed by atoms with E-state index in [0.717, 1.165) is 16.8 Å². The number of hydrogen-bond donors (Lipinski definition) is 1. The van der Waals surface area contributed by atoms with Crippen molar-refractivity contribution in [2.75, 3.05) is 6.61 Å². The van der Waals surface area contributed by atoms with E-state index in [-0.39, 0.29) is 12.5 Å². The summed E-state index contributed by atoms with van der Waals surface area (Å²) in [5, 5.41) is 8.93. The van der Waals surface area contributed by atoms with Crippen LogP contribution in [-0.4, -0.2) is 28.5 Å². The second-order valence-electron chi connectivity index (χ2n) is 7.31. The van der Waals surface area contributed by atoms with E-state index in [1.165, 1.54) is 6.21 Å². The number of nitrogens with one attached hydrogen (secondary N) is 1. The van der Waals surface area contributed by atoms with Crippen LogP contribution in [0.5, 0.6) is 5.75 Å². The highest BCUT2D eigenvalue weighted by Gasteiger charge is 2.13. The first-order valence-electron chi connectivity index (χ1n) is 9.77. The molecule has 30 heavy (non-hydrogen) atoms. The number of aryl methyl sites for hydroxylation is 1. The topological polar surface area (TPSA) is 68.5 Å². The van der Waals surface area contributed by atoms with Crippen LogP contribution in [0, 0.1) is 12.8 Å². The fourth-order valence-electron chi connectivity index (χ4n) is 2.97. The summed E-state index contributed by atoms with van der Waals surface area (Å²) in [5.74, 6) is 0.691. The number of hydrazone groups is 1. The zero-order valence-corrected chi connectivity index (χ0v) is 18.1. The summed E-state index contributed by atoms with van der Waals surface area (Å²) in [7, 11) is 0. The van der Waals surface area contributed by atoms with E-state index in [1.54, 1.807) is 4.68 Å². The molecule has 3 aromatic rings. The molecule has 7 heteroatoms. The number of aromatic nitrogens is 2. The van der Waals surface area contributed by atoms with Gasteiger partial charge in [0, 0.05) is 12.1 Å². The molecule has 2 aromatic carbocycles. The summed E-state index contributed by atoms with van der Waals surface area (Å²) in [5.41, 5.74) is 5.87. The molecule has 0 fully saturated rings. The molecule has 0 aliphatic rings. The summed E-state index contributed by atoms with van der Waals surface area (Å²) in [4.78, 5) is 12.2. The number of ether oxygens (including phenoxy) is 1. The highest BCUT2D eigenvalue weighted by atomic mass is 35.5. The maximum Gasteiger partial charge on any atom is 0.277 e. The minimum Gasteiger partial charge on any atom is -0.483 e. The lowest BCUT2D eigenvalue weighted by Crippen LogP contribution is -2.24. The Morgan fingerprint density at radius 1 is 1.20 bits per heavy atom. The molecule has 0 saturated heterocycles. The summed E-state index contributed by atoms with van der Waals surface area (Å²) >= 11 is 6.38. The third-order valence-electron chi connectivity index (χ3n) is 4.36. The third-order valence-corrected chi connectivity index (χ3v) is 4.76. The van der Waals surface area contributed by atoms with Gasteiger partial charge in [-0.2, -0.15) is 10.2 Å². The molecular weight excluding hydrogens is 400 g/mol. The zero-order chi connectivity index (χ0) is 21.5. The van der Waals surface area contributed by atoms with Crippen molar-refractivity contribution in [3.63, 3.8) is 0 Å². The molecule has 1 amide bonds. The van der Waals surface area contributed by atoms with Crippen LogP contribution < -0.4 is 10.2 Å². The van der Waals surface area contributed by atoms with Crippen molar-refractivity contribution in [1.29, 1.82) is 0 Å². The minimum atomic E-state index is -0.363. The maximum absolute atomic E-state index is 12.2. The lowest BCUT2D eigenvalue weighted by Gasteiger charge is -2.10. The molecule has 0 aliphatic heterocycles. The molecule has 0 radical (unpaired) electrons. The van der Waals surface area contributed by atoms with Crippen LogP contribution in [-0.2, 0) is 11.3 Å². The largest absolute Gasteiger partial charge is 0.483 e. The first-order valence-corrected chi connectivity index (χ1v) is 10.2. The van der Waals surface area contributed by atoms with Gasteiger partial charge >= 0.3 is 0 Å². The zero-order valence-electron chi connectivity index (χ0n) is 17.3. The second kappa shape index (κ2) is 10.1. The fraction of sp³-hybridized carbons (Fsp3) is 0.261. The van der Waals surface area contributed by atoms with Crippen LogP contribution in [0.2, 0.25) is 5.15 Å². The van der Waals surface area contributed by atoms with Crippen LogP contribution in [0.15, 0.2) is 59.7 Å². The van der Waals surface area contributed by atoms with Crippen molar-refractivity contribution in [2.45, 2.75) is 27.3 Å². The average molecular weight is 425 g/mol. The number of nitrogens with zero attached hydrogens (tertiary/aromatic N) is 3. The Balaban J connectivity index is 1.60. The number of rotatable bonds is 8. The first-order chi connectivity index (χ1) is 14.5. The van der Waals surface area contributed by atoms with Gasteiger partial charge in [0.1, 0.15) is 10.9 Å². The van der Waals surface area contributed by atoms with Crippen molar-refractivity contribution in [3.8, 4) is 16.9 Å². The van der Waals surface area contributed by atoms with Crippen molar-refractivity contribution in [2.24, 2.45) is 11.0 Å². The normalized spacial score (nSPS) is 11.2. The second-order valence-corrected chi connectivity index (χ2v) is 7.67. The van der Waals surface area contributed by atoms with Crippen LogP contribution in [0.4, 0.5) is 0 Å². The molecule has 0 saturated carbocycles. The minimum absolute atomic E-state index is 0.152. The molecule has 0 aliphatic carbocycles. The average Bonchev–Trinajstić information content (AvgIpc) is 3.00. The van der Waals surface area contributed by atoms with Gasteiger partial charge in [0.15, 0.2) is 6.61 Å². The highest BCUT2D eigenvalue weighted by Crippen LogP contribution is 2.29. The van der Waals surface area contributed by atoms with Gasteiger partial charge in [-0.05, 0) is 24.5 Å².